The fraction of sp³-hybridized carbons (Fsp3) is 0.500. The third-order valence-corrected chi connectivity index (χ3v) is 3.58. The molecule has 1 aliphatic rings. The van der Waals surface area contributed by atoms with Crippen LogP contribution in [0.25, 0.3) is 0 Å². The third kappa shape index (κ3) is 3.03. The van der Waals surface area contributed by atoms with Gasteiger partial charge in [0, 0.05) is 31.1 Å². The second-order valence-electron chi connectivity index (χ2n) is 3.98. The van der Waals surface area contributed by atoms with Crippen molar-refractivity contribution in [3.05, 3.63) is 27.1 Å². The van der Waals surface area contributed by atoms with Crippen LogP contribution in [-0.4, -0.2) is 46.7 Å². The second kappa shape index (κ2) is 5.42. The van der Waals surface area contributed by atoms with Gasteiger partial charge in [0.25, 0.3) is 0 Å². The molecule has 8 heteroatoms. The number of carboxylic acid groups (broad SMARTS) is 1. The Labute approximate surface area is 107 Å². The van der Waals surface area contributed by atoms with Gasteiger partial charge in [-0.05, 0) is 5.56 Å². The van der Waals surface area contributed by atoms with Crippen molar-refractivity contribution in [3.63, 3.8) is 0 Å². The molecule has 1 unspecified atom stereocenters. The first-order valence-corrected chi connectivity index (χ1v) is 6.23. The number of nitrogens with zero attached hydrogens (tertiary/aromatic N) is 2. The Morgan fingerprint density at radius 1 is 1.72 bits per heavy atom. The minimum Gasteiger partial charge on any atom is -0.479 e. The number of thiophene rings is 1. The molecular formula is C10H12N2O5S. The van der Waals surface area contributed by atoms with Crippen LogP contribution in [0.1, 0.15) is 5.56 Å². The molecule has 0 bridgehead atoms. The summed E-state index contributed by atoms with van der Waals surface area (Å²) in [4.78, 5) is 22.9. The van der Waals surface area contributed by atoms with Gasteiger partial charge >= 0.3 is 11.0 Å². The van der Waals surface area contributed by atoms with Crippen LogP contribution in [0.3, 0.4) is 0 Å². The Hall–Kier alpha value is -1.51. The molecule has 0 radical (unpaired) electrons. The molecule has 1 fully saturated rings. The molecule has 0 aliphatic carbocycles. The Bertz CT molecular complexity index is 461. The molecule has 1 atom stereocenters. The molecule has 0 aromatic carbocycles. The van der Waals surface area contributed by atoms with Crippen molar-refractivity contribution >= 4 is 22.3 Å². The molecule has 1 aromatic rings. The van der Waals surface area contributed by atoms with Crippen LogP contribution in [-0.2, 0) is 16.1 Å². The molecule has 1 aliphatic heterocycles. The van der Waals surface area contributed by atoms with Crippen molar-refractivity contribution in [1.82, 2.24) is 4.90 Å². The van der Waals surface area contributed by atoms with Crippen molar-refractivity contribution in [2.24, 2.45) is 0 Å². The van der Waals surface area contributed by atoms with Crippen LogP contribution in [0.4, 0.5) is 5.00 Å². The number of aliphatic carboxylic acids is 1. The lowest BCUT2D eigenvalue weighted by Gasteiger charge is -2.30. The van der Waals surface area contributed by atoms with Gasteiger partial charge in [-0.15, -0.1) is 0 Å². The maximum absolute atomic E-state index is 10.8. The minimum absolute atomic E-state index is 0.105. The smallest absolute Gasteiger partial charge is 0.334 e. The number of hydrogen-bond donors (Lipinski definition) is 1. The molecule has 0 saturated carbocycles. The topological polar surface area (TPSA) is 92.9 Å². The zero-order chi connectivity index (χ0) is 13.1. The minimum atomic E-state index is -0.976. The van der Waals surface area contributed by atoms with Crippen molar-refractivity contribution in [1.29, 1.82) is 0 Å². The summed E-state index contributed by atoms with van der Waals surface area (Å²) in [7, 11) is 0. The summed E-state index contributed by atoms with van der Waals surface area (Å²) in [5.41, 5.74) is 0.831. The summed E-state index contributed by atoms with van der Waals surface area (Å²) in [6.45, 7) is 1.81. The standard InChI is InChI=1S/C10H12N2O5S/c13-10(14)8-5-11(1-2-17-8)4-7-3-9(12(15)16)18-6-7/h3,6,8H,1-2,4-5H2,(H,13,14). The summed E-state index contributed by atoms with van der Waals surface area (Å²) >= 11 is 1.08. The molecule has 0 amide bonds. The van der Waals surface area contributed by atoms with Crippen molar-refractivity contribution < 1.29 is 19.6 Å². The SMILES string of the molecule is O=C(O)C1CN(Cc2csc([N+](=O)[O-])c2)CCO1. The molecule has 1 saturated heterocycles. The van der Waals surface area contributed by atoms with E-state index >= 15 is 0 Å². The molecule has 2 heterocycles. The van der Waals surface area contributed by atoms with Crippen LogP contribution in [0.15, 0.2) is 11.4 Å². The van der Waals surface area contributed by atoms with Gasteiger partial charge in [-0.1, -0.05) is 11.3 Å². The van der Waals surface area contributed by atoms with Crippen LogP contribution in [0, 0.1) is 10.1 Å². The van der Waals surface area contributed by atoms with E-state index in [1.54, 1.807) is 5.38 Å². The highest BCUT2D eigenvalue weighted by molar-refractivity contribution is 7.13. The van der Waals surface area contributed by atoms with E-state index in [0.29, 0.717) is 26.2 Å². The molecule has 98 valence electrons. The van der Waals surface area contributed by atoms with Gasteiger partial charge in [0.2, 0.25) is 0 Å². The van der Waals surface area contributed by atoms with Gasteiger partial charge in [-0.25, -0.2) is 4.79 Å². The number of ether oxygens (including phenoxy) is 1. The molecule has 7 nitrogen and oxygen atoms in total. The van der Waals surface area contributed by atoms with Crippen molar-refractivity contribution in [3.8, 4) is 0 Å². The highest BCUT2D eigenvalue weighted by Crippen LogP contribution is 2.24. The molecular weight excluding hydrogens is 260 g/mol. The highest BCUT2D eigenvalue weighted by atomic mass is 32.1. The number of hydrogen-bond acceptors (Lipinski definition) is 6. The van der Waals surface area contributed by atoms with E-state index < -0.39 is 17.0 Å². The molecule has 1 aromatic heterocycles. The Morgan fingerprint density at radius 3 is 3.11 bits per heavy atom. The number of carboxylic acids is 1. The number of morpholine rings is 1. The second-order valence-corrected chi connectivity index (χ2v) is 4.87. The number of rotatable bonds is 4. The fourth-order valence-electron chi connectivity index (χ4n) is 1.80. The number of nitro groups is 1. The average Bonchev–Trinajstić information content (AvgIpc) is 2.78. The van der Waals surface area contributed by atoms with Crippen molar-refractivity contribution in [2.45, 2.75) is 12.6 Å². The van der Waals surface area contributed by atoms with Gasteiger partial charge in [-0.2, -0.15) is 0 Å². The Kier molecular flexibility index (Phi) is 3.90. The zero-order valence-electron chi connectivity index (χ0n) is 9.44. The van der Waals surface area contributed by atoms with Gasteiger partial charge in [0.15, 0.2) is 6.10 Å². The van der Waals surface area contributed by atoms with Crippen LogP contribution in [0.5, 0.6) is 0 Å². The normalized spacial score (nSPS) is 20.8. The van der Waals surface area contributed by atoms with E-state index in [0.717, 1.165) is 16.9 Å². The summed E-state index contributed by atoms with van der Waals surface area (Å²) < 4.78 is 5.10. The Balaban J connectivity index is 1.96. The van der Waals surface area contributed by atoms with Gasteiger partial charge in [-0.3, -0.25) is 15.0 Å². The van der Waals surface area contributed by atoms with E-state index in [2.05, 4.69) is 0 Å². The molecule has 2 rings (SSSR count). The van der Waals surface area contributed by atoms with E-state index in [1.807, 2.05) is 4.90 Å². The van der Waals surface area contributed by atoms with Gasteiger partial charge in [0.1, 0.15) is 0 Å². The lowest BCUT2D eigenvalue weighted by Crippen LogP contribution is -2.45. The number of carbonyl (C=O) groups is 1. The van der Waals surface area contributed by atoms with E-state index in [-0.39, 0.29) is 5.00 Å². The first kappa shape index (κ1) is 12.9. The highest BCUT2D eigenvalue weighted by Gasteiger charge is 2.26. The van der Waals surface area contributed by atoms with Gasteiger partial charge < -0.3 is 9.84 Å². The maximum Gasteiger partial charge on any atom is 0.334 e. The molecule has 18 heavy (non-hydrogen) atoms. The van der Waals surface area contributed by atoms with E-state index in [1.165, 1.54) is 6.07 Å². The maximum atomic E-state index is 10.8. The first-order valence-electron chi connectivity index (χ1n) is 5.35. The van der Waals surface area contributed by atoms with Crippen LogP contribution < -0.4 is 0 Å². The summed E-state index contributed by atoms with van der Waals surface area (Å²) in [6, 6.07) is 1.52. The predicted molar refractivity (Wildman–Crippen MR) is 63.6 cm³/mol. The summed E-state index contributed by atoms with van der Waals surface area (Å²) in [5, 5.41) is 21.2. The van der Waals surface area contributed by atoms with E-state index in [4.69, 9.17) is 9.84 Å². The summed E-state index contributed by atoms with van der Waals surface area (Å²) in [6.07, 6.45) is -0.813. The lowest BCUT2D eigenvalue weighted by atomic mass is 10.2. The molecule has 0 spiro atoms. The third-order valence-electron chi connectivity index (χ3n) is 2.65. The van der Waals surface area contributed by atoms with E-state index in [9.17, 15) is 14.9 Å². The molecule has 1 N–H and O–H groups in total. The first-order chi connectivity index (χ1) is 8.56. The largest absolute Gasteiger partial charge is 0.479 e. The van der Waals surface area contributed by atoms with Crippen LogP contribution in [0.2, 0.25) is 0 Å². The predicted octanol–water partition coefficient (Wildman–Crippen LogP) is 0.942. The quantitative estimate of drug-likeness (QED) is 0.647. The average molecular weight is 272 g/mol. The lowest BCUT2D eigenvalue weighted by molar-refractivity contribution is -0.380. The van der Waals surface area contributed by atoms with Crippen molar-refractivity contribution in [2.75, 3.05) is 19.7 Å². The van der Waals surface area contributed by atoms with Gasteiger partial charge in [0.05, 0.1) is 11.5 Å². The monoisotopic (exact) mass is 272 g/mol. The summed E-state index contributed by atoms with van der Waals surface area (Å²) in [5.74, 6) is -0.976. The fourth-order valence-corrected chi connectivity index (χ4v) is 2.52. The van der Waals surface area contributed by atoms with Crippen LogP contribution >= 0.6 is 11.3 Å². The zero-order valence-corrected chi connectivity index (χ0v) is 10.3. The Morgan fingerprint density at radius 2 is 2.50 bits per heavy atom.